The number of nitrogens with zero attached hydrogens (tertiary/aromatic N) is 2. The molecule has 0 radical (unpaired) electrons. The van der Waals surface area contributed by atoms with Crippen molar-refractivity contribution >= 4 is 23.4 Å². The van der Waals surface area contributed by atoms with Crippen molar-refractivity contribution in [3.8, 4) is 28.7 Å². The topological polar surface area (TPSA) is 80.7 Å². The van der Waals surface area contributed by atoms with Gasteiger partial charge in [-0.15, -0.1) is 11.8 Å². The number of carbonyl (C=O) groups excluding carboxylic acids is 1. The van der Waals surface area contributed by atoms with Crippen LogP contribution in [0.15, 0.2) is 65.6 Å². The average Bonchev–Trinajstić information content (AvgIpc) is 3.37. The number of aromatic hydroxyl groups is 1. The lowest BCUT2D eigenvalue weighted by Crippen LogP contribution is -2.33. The molecule has 0 saturated carbocycles. The minimum atomic E-state index is -0.488. The molecule has 194 valence electrons. The number of ether oxygens (including phenoxy) is 4. The maximum absolute atomic E-state index is 13.2. The van der Waals surface area contributed by atoms with Crippen molar-refractivity contribution in [1.82, 2.24) is 4.90 Å². The molecule has 0 bridgehead atoms. The highest BCUT2D eigenvalue weighted by Gasteiger charge is 2.34. The number of hydrogen-bond donors (Lipinski definition) is 1. The van der Waals surface area contributed by atoms with Crippen LogP contribution in [0, 0.1) is 0 Å². The largest absolute Gasteiger partial charge is 0.508 e. The lowest BCUT2D eigenvalue weighted by atomic mass is 10.1. The van der Waals surface area contributed by atoms with Gasteiger partial charge in [0.25, 0.3) is 0 Å². The van der Waals surface area contributed by atoms with Gasteiger partial charge < -0.3 is 33.9 Å². The highest BCUT2D eigenvalue weighted by atomic mass is 32.2. The summed E-state index contributed by atoms with van der Waals surface area (Å²) in [6.07, 6.45) is 0.801. The van der Waals surface area contributed by atoms with Crippen LogP contribution in [0.1, 0.15) is 17.2 Å². The van der Waals surface area contributed by atoms with Crippen molar-refractivity contribution in [2.24, 2.45) is 0 Å². The summed E-state index contributed by atoms with van der Waals surface area (Å²) in [5, 5.41) is 9.66. The van der Waals surface area contributed by atoms with Crippen LogP contribution in [0.3, 0.4) is 0 Å². The van der Waals surface area contributed by atoms with Gasteiger partial charge in [0.2, 0.25) is 12.7 Å². The Morgan fingerprint density at radius 2 is 1.86 bits per heavy atom. The molecular formula is C28H30N2O6S. The van der Waals surface area contributed by atoms with Crippen LogP contribution in [0.25, 0.3) is 0 Å². The summed E-state index contributed by atoms with van der Waals surface area (Å²) >= 11 is 1.48. The Labute approximate surface area is 220 Å². The van der Waals surface area contributed by atoms with Crippen molar-refractivity contribution in [2.45, 2.75) is 16.6 Å². The van der Waals surface area contributed by atoms with Crippen molar-refractivity contribution in [2.75, 3.05) is 52.1 Å². The minimum Gasteiger partial charge on any atom is -0.508 e. The van der Waals surface area contributed by atoms with Gasteiger partial charge >= 0.3 is 0 Å². The summed E-state index contributed by atoms with van der Waals surface area (Å²) in [6.45, 7) is 2.87. The van der Waals surface area contributed by atoms with E-state index in [0.717, 1.165) is 41.6 Å². The number of phenols is 1. The number of amides is 1. The van der Waals surface area contributed by atoms with Crippen LogP contribution in [0.2, 0.25) is 0 Å². The van der Waals surface area contributed by atoms with E-state index in [1.54, 1.807) is 30.1 Å². The van der Waals surface area contributed by atoms with Gasteiger partial charge in [-0.2, -0.15) is 0 Å². The van der Waals surface area contributed by atoms with Gasteiger partial charge in [0.1, 0.15) is 29.1 Å². The molecule has 0 aliphatic carbocycles. The molecule has 1 N–H and O–H groups in total. The summed E-state index contributed by atoms with van der Waals surface area (Å²) in [7, 11) is 3.82. The molecule has 0 spiro atoms. The minimum absolute atomic E-state index is 0.0404. The second-order valence-electron chi connectivity index (χ2n) is 8.95. The number of rotatable bonds is 10. The molecule has 2 aliphatic heterocycles. The molecule has 2 aliphatic rings. The van der Waals surface area contributed by atoms with Gasteiger partial charge in [-0.1, -0.05) is 12.1 Å². The molecule has 0 fully saturated rings. The third kappa shape index (κ3) is 5.73. The summed E-state index contributed by atoms with van der Waals surface area (Å²) < 4.78 is 22.7. The fourth-order valence-corrected chi connectivity index (χ4v) is 5.60. The van der Waals surface area contributed by atoms with E-state index in [1.165, 1.54) is 11.8 Å². The van der Waals surface area contributed by atoms with E-state index >= 15 is 0 Å². The van der Waals surface area contributed by atoms with Gasteiger partial charge in [-0.05, 0) is 55.9 Å². The summed E-state index contributed by atoms with van der Waals surface area (Å²) in [6, 6.07) is 18.4. The molecule has 2 heterocycles. The average molecular weight is 523 g/mol. The Hall–Kier alpha value is -3.56. The number of benzene rings is 3. The van der Waals surface area contributed by atoms with Gasteiger partial charge in [0.05, 0.1) is 12.3 Å². The van der Waals surface area contributed by atoms with E-state index < -0.39 is 5.25 Å². The van der Waals surface area contributed by atoms with Gasteiger partial charge in [-0.25, -0.2) is 0 Å². The highest BCUT2D eigenvalue weighted by Crippen LogP contribution is 2.48. The maximum Gasteiger partial charge on any atom is 0.244 e. The lowest BCUT2D eigenvalue weighted by molar-refractivity contribution is -0.118. The van der Waals surface area contributed by atoms with E-state index in [-0.39, 0.29) is 18.4 Å². The number of fused-ring (bicyclic) bond motifs is 2. The Balaban J connectivity index is 1.12. The van der Waals surface area contributed by atoms with Gasteiger partial charge in [0, 0.05) is 36.7 Å². The normalized spacial score (nSPS) is 16.1. The standard InChI is InChI=1S/C28H30N2O6S/c1-29(13-15-33-20-9-11-24-25(17-20)36-18-35-24)12-5-14-34-23-10-8-19(31)16-21(23)27-28(32)30(2)22-6-3-4-7-26(22)37-27/h3-4,6-11,16-17,27,31H,5,12-15,18H2,1-2H3/t27-/m1/s1. The molecule has 3 aromatic carbocycles. The van der Waals surface area contributed by atoms with E-state index in [1.807, 2.05) is 49.5 Å². The molecule has 0 aromatic heterocycles. The summed E-state index contributed by atoms with van der Waals surface area (Å²) in [5.41, 5.74) is 1.57. The molecule has 8 nitrogen and oxygen atoms in total. The number of anilines is 1. The number of hydrogen-bond acceptors (Lipinski definition) is 8. The molecule has 1 amide bonds. The molecule has 5 rings (SSSR count). The monoisotopic (exact) mass is 522 g/mol. The van der Waals surface area contributed by atoms with Crippen molar-refractivity contribution < 1.29 is 28.8 Å². The number of carbonyl (C=O) groups is 1. The lowest BCUT2D eigenvalue weighted by Gasteiger charge is -2.31. The second kappa shape index (κ2) is 11.2. The van der Waals surface area contributed by atoms with E-state index in [4.69, 9.17) is 18.9 Å². The zero-order valence-electron chi connectivity index (χ0n) is 20.9. The van der Waals surface area contributed by atoms with Crippen LogP contribution in [-0.2, 0) is 4.79 Å². The molecule has 0 unspecified atom stereocenters. The first kappa shape index (κ1) is 25.1. The molecule has 3 aromatic rings. The van der Waals surface area contributed by atoms with Crippen LogP contribution < -0.4 is 23.8 Å². The molecule has 0 saturated heterocycles. The van der Waals surface area contributed by atoms with E-state index in [9.17, 15) is 9.90 Å². The molecule has 9 heteroatoms. The second-order valence-corrected chi connectivity index (χ2v) is 10.1. The Kier molecular flexibility index (Phi) is 7.62. The maximum atomic E-state index is 13.2. The van der Waals surface area contributed by atoms with Crippen LogP contribution in [0.4, 0.5) is 5.69 Å². The van der Waals surface area contributed by atoms with Gasteiger partial charge in [0.15, 0.2) is 11.5 Å². The van der Waals surface area contributed by atoms with Crippen molar-refractivity contribution in [3.05, 3.63) is 66.2 Å². The first-order valence-corrected chi connectivity index (χ1v) is 13.1. The van der Waals surface area contributed by atoms with Crippen molar-refractivity contribution in [1.29, 1.82) is 0 Å². The zero-order valence-corrected chi connectivity index (χ0v) is 21.7. The third-order valence-electron chi connectivity index (χ3n) is 6.33. The fraction of sp³-hybridized carbons (Fsp3) is 0.321. The van der Waals surface area contributed by atoms with Crippen LogP contribution >= 0.6 is 11.8 Å². The molecular weight excluding hydrogens is 492 g/mol. The quantitative estimate of drug-likeness (QED) is 0.384. The number of para-hydroxylation sites is 1. The first-order valence-electron chi connectivity index (χ1n) is 12.2. The SMILES string of the molecule is CN(CCCOc1ccc(O)cc1[C@H]1Sc2ccccc2N(C)C1=O)CCOc1ccc2c(c1)OCO2. The van der Waals surface area contributed by atoms with Gasteiger partial charge in [-0.3, -0.25) is 4.79 Å². The summed E-state index contributed by atoms with van der Waals surface area (Å²) in [4.78, 5) is 18.0. The van der Waals surface area contributed by atoms with Crippen LogP contribution in [0.5, 0.6) is 28.7 Å². The van der Waals surface area contributed by atoms with E-state index in [0.29, 0.717) is 30.3 Å². The van der Waals surface area contributed by atoms with E-state index in [2.05, 4.69) is 4.90 Å². The number of likely N-dealkylation sites (N-methyl/N-ethyl adjacent to an activating group) is 2. The zero-order chi connectivity index (χ0) is 25.8. The first-order chi connectivity index (χ1) is 18.0. The van der Waals surface area contributed by atoms with Crippen LogP contribution in [-0.4, -0.2) is 63.1 Å². The fourth-order valence-electron chi connectivity index (χ4n) is 4.29. The molecule has 1 atom stereocenters. The number of thioether (sulfide) groups is 1. The summed E-state index contributed by atoms with van der Waals surface area (Å²) in [5.74, 6) is 2.89. The highest BCUT2D eigenvalue weighted by molar-refractivity contribution is 8.00. The van der Waals surface area contributed by atoms with Crippen molar-refractivity contribution in [3.63, 3.8) is 0 Å². The Bertz CT molecular complexity index is 1270. The predicted octanol–water partition coefficient (Wildman–Crippen LogP) is 4.71. The smallest absolute Gasteiger partial charge is 0.244 e. The number of phenolic OH excluding ortho intramolecular Hbond substituents is 1. The predicted molar refractivity (Wildman–Crippen MR) is 142 cm³/mol. The third-order valence-corrected chi connectivity index (χ3v) is 7.62. The Morgan fingerprint density at radius 3 is 2.76 bits per heavy atom. The Morgan fingerprint density at radius 1 is 1.03 bits per heavy atom. The molecule has 37 heavy (non-hydrogen) atoms.